The lowest BCUT2D eigenvalue weighted by molar-refractivity contribution is -0.129. The van der Waals surface area contributed by atoms with Crippen LogP contribution in [-0.4, -0.2) is 63.9 Å². The Balaban J connectivity index is 1.31. The molecular weight excluding hydrogens is 566 g/mol. The van der Waals surface area contributed by atoms with Crippen molar-refractivity contribution in [2.45, 2.75) is 30.3 Å². The van der Waals surface area contributed by atoms with Gasteiger partial charge in [-0.15, -0.1) is 0 Å². The number of anilines is 1. The summed E-state index contributed by atoms with van der Waals surface area (Å²) in [6.07, 6.45) is 0.796. The first kappa shape index (κ1) is 28.9. The zero-order valence-electron chi connectivity index (χ0n) is 22.7. The van der Waals surface area contributed by atoms with Crippen LogP contribution >= 0.6 is 11.6 Å². The molecule has 216 valence electrons. The van der Waals surface area contributed by atoms with Crippen molar-refractivity contribution in [2.24, 2.45) is 5.92 Å². The molecule has 2 atom stereocenters. The number of nitrogens with zero attached hydrogens (tertiary/aromatic N) is 2. The summed E-state index contributed by atoms with van der Waals surface area (Å²) < 4.78 is 39.8. The van der Waals surface area contributed by atoms with Crippen LogP contribution in [0.5, 0.6) is 11.5 Å². The molecule has 2 aliphatic heterocycles. The highest BCUT2D eigenvalue weighted by Gasteiger charge is 2.40. The van der Waals surface area contributed by atoms with Gasteiger partial charge in [0.15, 0.2) is 6.10 Å². The predicted octanol–water partition coefficient (Wildman–Crippen LogP) is 3.90. The molecule has 11 heteroatoms. The molecule has 1 fully saturated rings. The molecule has 1 saturated heterocycles. The number of hydrogen-bond acceptors (Lipinski definition) is 6. The van der Waals surface area contributed by atoms with E-state index in [-0.39, 0.29) is 47.1 Å². The molecule has 1 N–H and O–H groups in total. The minimum absolute atomic E-state index is 0.00426. The zero-order valence-corrected chi connectivity index (χ0v) is 24.2. The van der Waals surface area contributed by atoms with E-state index in [1.165, 1.54) is 23.5 Å². The van der Waals surface area contributed by atoms with Crippen LogP contribution in [0.25, 0.3) is 0 Å². The third-order valence-corrected chi connectivity index (χ3v) is 9.49. The van der Waals surface area contributed by atoms with Crippen LogP contribution < -0.4 is 19.7 Å². The lowest BCUT2D eigenvalue weighted by Gasteiger charge is -2.38. The maximum absolute atomic E-state index is 13.9. The Bertz CT molecular complexity index is 1520. The van der Waals surface area contributed by atoms with E-state index in [2.05, 4.69) is 5.32 Å². The molecule has 3 aromatic carbocycles. The van der Waals surface area contributed by atoms with Crippen molar-refractivity contribution < 1.29 is 27.5 Å². The van der Waals surface area contributed by atoms with Crippen LogP contribution in [-0.2, 0) is 26.0 Å². The fraction of sp³-hybridized carbons (Fsp3) is 0.333. The fourth-order valence-corrected chi connectivity index (χ4v) is 7.18. The van der Waals surface area contributed by atoms with Crippen molar-refractivity contribution in [1.29, 1.82) is 0 Å². The van der Waals surface area contributed by atoms with Gasteiger partial charge < -0.3 is 19.7 Å². The molecular formula is C30H32ClN3O6S. The van der Waals surface area contributed by atoms with Gasteiger partial charge in [0.05, 0.1) is 25.3 Å². The smallest absolute Gasteiger partial charge is 0.262 e. The number of sulfonamides is 1. The summed E-state index contributed by atoms with van der Waals surface area (Å²) in [5, 5.41) is 3.19. The Kier molecular flexibility index (Phi) is 8.82. The number of piperidine rings is 1. The fourth-order valence-electron chi connectivity index (χ4n) is 5.24. The van der Waals surface area contributed by atoms with Crippen LogP contribution in [0.15, 0.2) is 77.7 Å². The summed E-state index contributed by atoms with van der Waals surface area (Å²) in [6.45, 7) is 0.733. The van der Waals surface area contributed by atoms with E-state index in [1.54, 1.807) is 35.2 Å². The van der Waals surface area contributed by atoms with Gasteiger partial charge in [0.2, 0.25) is 15.9 Å². The van der Waals surface area contributed by atoms with E-state index in [1.807, 2.05) is 30.3 Å². The van der Waals surface area contributed by atoms with Gasteiger partial charge in [0.1, 0.15) is 16.4 Å². The van der Waals surface area contributed by atoms with E-state index in [0.29, 0.717) is 37.2 Å². The monoisotopic (exact) mass is 597 g/mol. The van der Waals surface area contributed by atoms with Gasteiger partial charge in [-0.3, -0.25) is 9.59 Å². The van der Waals surface area contributed by atoms with Crippen LogP contribution in [0, 0.1) is 5.92 Å². The summed E-state index contributed by atoms with van der Waals surface area (Å²) in [4.78, 5) is 28.5. The van der Waals surface area contributed by atoms with E-state index < -0.39 is 22.0 Å². The molecule has 2 amide bonds. The van der Waals surface area contributed by atoms with Gasteiger partial charge in [-0.2, -0.15) is 4.31 Å². The summed E-state index contributed by atoms with van der Waals surface area (Å²) >= 11 is 6.11. The largest absolute Gasteiger partial charge is 0.495 e. The van der Waals surface area contributed by atoms with Crippen molar-refractivity contribution in [2.75, 3.05) is 38.2 Å². The number of rotatable bonds is 8. The number of ether oxygens (including phenoxy) is 2. The SMILES string of the molecule is COc1ccc(Cl)cc1S(=O)(=O)N1CCC[C@@H](C(=O)N2C[C@@H](C(=O)NCCc3ccccc3)Oc3ccccc32)C1. The average molecular weight is 598 g/mol. The second-order valence-corrected chi connectivity index (χ2v) is 12.4. The molecule has 0 unspecified atom stereocenters. The summed E-state index contributed by atoms with van der Waals surface area (Å²) in [5.41, 5.74) is 1.66. The third kappa shape index (κ3) is 6.34. The number of halogens is 1. The zero-order chi connectivity index (χ0) is 29.0. The highest BCUT2D eigenvalue weighted by atomic mass is 35.5. The number of benzene rings is 3. The number of amides is 2. The topological polar surface area (TPSA) is 105 Å². The molecule has 0 aromatic heterocycles. The van der Waals surface area contributed by atoms with Crippen molar-refractivity contribution in [1.82, 2.24) is 9.62 Å². The number of carbonyl (C=O) groups excluding carboxylic acids is 2. The molecule has 0 saturated carbocycles. The maximum atomic E-state index is 13.9. The van der Waals surface area contributed by atoms with E-state index in [9.17, 15) is 18.0 Å². The standard InChI is InChI=1S/C30H32ClN3O6S/c1-39-26-14-13-23(31)18-28(26)41(37,38)33-17-7-10-22(19-33)30(36)34-20-27(40-25-12-6-5-11-24(25)34)29(35)32-16-15-21-8-3-2-4-9-21/h2-6,8-9,11-14,18,22,27H,7,10,15-17,19-20H2,1H3,(H,32,35)/t22-,27+/m1/s1. The Morgan fingerprint density at radius 2 is 1.80 bits per heavy atom. The Morgan fingerprint density at radius 1 is 1.05 bits per heavy atom. The number of carbonyl (C=O) groups is 2. The predicted molar refractivity (Wildman–Crippen MR) is 156 cm³/mol. The second-order valence-electron chi connectivity index (χ2n) is 10.0. The molecule has 0 bridgehead atoms. The minimum atomic E-state index is -3.98. The first-order valence-corrected chi connectivity index (χ1v) is 15.3. The van der Waals surface area contributed by atoms with Gasteiger partial charge >= 0.3 is 0 Å². The van der Waals surface area contributed by atoms with Crippen molar-refractivity contribution in [3.8, 4) is 11.5 Å². The normalized spacial score (nSPS) is 19.1. The molecule has 0 radical (unpaired) electrons. The van der Waals surface area contributed by atoms with Crippen molar-refractivity contribution in [3.05, 3.63) is 83.4 Å². The lowest BCUT2D eigenvalue weighted by atomic mass is 9.97. The number of nitrogens with one attached hydrogen (secondary N) is 1. The van der Waals surface area contributed by atoms with Gasteiger partial charge in [0, 0.05) is 24.7 Å². The highest BCUT2D eigenvalue weighted by molar-refractivity contribution is 7.89. The Hall–Kier alpha value is -3.60. The first-order chi connectivity index (χ1) is 19.8. The Morgan fingerprint density at radius 3 is 2.59 bits per heavy atom. The van der Waals surface area contributed by atoms with E-state index >= 15 is 0 Å². The van der Waals surface area contributed by atoms with Crippen LogP contribution in [0.4, 0.5) is 5.69 Å². The maximum Gasteiger partial charge on any atom is 0.262 e. The molecule has 0 aliphatic carbocycles. The minimum Gasteiger partial charge on any atom is -0.495 e. The molecule has 0 spiro atoms. The number of fused-ring (bicyclic) bond motifs is 1. The second kappa shape index (κ2) is 12.5. The van der Waals surface area contributed by atoms with Crippen LogP contribution in [0.1, 0.15) is 18.4 Å². The average Bonchev–Trinajstić information content (AvgIpc) is 3.00. The van der Waals surface area contributed by atoms with Gasteiger partial charge in [-0.1, -0.05) is 54.1 Å². The molecule has 41 heavy (non-hydrogen) atoms. The van der Waals surface area contributed by atoms with Gasteiger partial charge in [-0.25, -0.2) is 8.42 Å². The summed E-state index contributed by atoms with van der Waals surface area (Å²) in [7, 11) is -2.58. The Labute approximate surface area is 245 Å². The van der Waals surface area contributed by atoms with Gasteiger partial charge in [0.25, 0.3) is 5.91 Å². The van der Waals surface area contributed by atoms with E-state index in [4.69, 9.17) is 21.1 Å². The highest BCUT2D eigenvalue weighted by Crippen LogP contribution is 2.36. The third-order valence-electron chi connectivity index (χ3n) is 7.36. The molecule has 9 nitrogen and oxygen atoms in total. The molecule has 5 rings (SSSR count). The van der Waals surface area contributed by atoms with Crippen molar-refractivity contribution in [3.63, 3.8) is 0 Å². The summed E-state index contributed by atoms with van der Waals surface area (Å²) in [5.74, 6) is -0.545. The van der Waals surface area contributed by atoms with Crippen LogP contribution in [0.3, 0.4) is 0 Å². The first-order valence-electron chi connectivity index (χ1n) is 13.5. The quantitative estimate of drug-likeness (QED) is 0.422. The molecule has 2 heterocycles. The summed E-state index contributed by atoms with van der Waals surface area (Å²) in [6, 6.07) is 21.3. The number of para-hydroxylation sites is 2. The molecule has 2 aliphatic rings. The van der Waals surface area contributed by atoms with Gasteiger partial charge in [-0.05, 0) is 55.2 Å². The van der Waals surface area contributed by atoms with E-state index in [0.717, 1.165) is 5.56 Å². The molecule has 3 aromatic rings. The lowest BCUT2D eigenvalue weighted by Crippen LogP contribution is -2.54. The van der Waals surface area contributed by atoms with Crippen molar-refractivity contribution >= 4 is 39.1 Å². The number of methoxy groups -OCH3 is 1. The van der Waals surface area contributed by atoms with Crippen LogP contribution in [0.2, 0.25) is 5.02 Å². The number of hydrogen-bond donors (Lipinski definition) is 1.